The van der Waals surface area contributed by atoms with E-state index >= 15 is 0 Å². The summed E-state index contributed by atoms with van der Waals surface area (Å²) in [7, 11) is 0. The highest BCUT2D eigenvalue weighted by Crippen LogP contribution is 2.32. The van der Waals surface area contributed by atoms with E-state index in [1.807, 2.05) is 24.3 Å². The molecule has 1 amide bonds. The van der Waals surface area contributed by atoms with E-state index in [1.54, 1.807) is 0 Å². The van der Waals surface area contributed by atoms with Gasteiger partial charge in [-0.25, -0.2) is 0 Å². The Morgan fingerprint density at radius 3 is 2.70 bits per heavy atom. The SMILES string of the molecule is NC(=O)c1ccccc1N(CC1CC1)CC1CCCN1. The van der Waals surface area contributed by atoms with Crippen molar-refractivity contribution in [2.75, 3.05) is 24.5 Å². The molecule has 20 heavy (non-hydrogen) atoms. The first-order valence-corrected chi connectivity index (χ1v) is 7.61. The van der Waals surface area contributed by atoms with E-state index in [0.29, 0.717) is 11.6 Å². The number of rotatable bonds is 6. The molecule has 4 heteroatoms. The highest BCUT2D eigenvalue weighted by atomic mass is 16.1. The van der Waals surface area contributed by atoms with Crippen molar-refractivity contribution in [3.8, 4) is 0 Å². The topological polar surface area (TPSA) is 58.4 Å². The van der Waals surface area contributed by atoms with Crippen LogP contribution in [0, 0.1) is 5.92 Å². The largest absolute Gasteiger partial charge is 0.369 e. The molecule has 1 atom stereocenters. The number of nitrogens with one attached hydrogen (secondary N) is 1. The zero-order valence-electron chi connectivity index (χ0n) is 11.8. The van der Waals surface area contributed by atoms with Crippen molar-refractivity contribution in [2.24, 2.45) is 11.7 Å². The van der Waals surface area contributed by atoms with Crippen molar-refractivity contribution < 1.29 is 4.79 Å². The van der Waals surface area contributed by atoms with E-state index < -0.39 is 0 Å². The maximum absolute atomic E-state index is 11.6. The van der Waals surface area contributed by atoms with Crippen LogP contribution >= 0.6 is 0 Å². The molecule has 1 aromatic carbocycles. The van der Waals surface area contributed by atoms with Crippen molar-refractivity contribution in [2.45, 2.75) is 31.7 Å². The van der Waals surface area contributed by atoms with Gasteiger partial charge in [-0.1, -0.05) is 12.1 Å². The van der Waals surface area contributed by atoms with Crippen LogP contribution in [0.5, 0.6) is 0 Å². The molecule has 1 saturated carbocycles. The van der Waals surface area contributed by atoms with E-state index in [9.17, 15) is 4.79 Å². The molecular weight excluding hydrogens is 250 g/mol. The van der Waals surface area contributed by atoms with Crippen molar-refractivity contribution in [1.29, 1.82) is 0 Å². The van der Waals surface area contributed by atoms with Crippen LogP contribution in [-0.2, 0) is 0 Å². The predicted molar refractivity (Wildman–Crippen MR) is 80.9 cm³/mol. The van der Waals surface area contributed by atoms with Gasteiger partial charge in [-0.15, -0.1) is 0 Å². The fraction of sp³-hybridized carbons (Fsp3) is 0.562. The van der Waals surface area contributed by atoms with E-state index in [2.05, 4.69) is 10.2 Å². The van der Waals surface area contributed by atoms with Gasteiger partial charge in [-0.3, -0.25) is 4.79 Å². The van der Waals surface area contributed by atoms with Crippen molar-refractivity contribution in [3.05, 3.63) is 29.8 Å². The van der Waals surface area contributed by atoms with Crippen molar-refractivity contribution >= 4 is 11.6 Å². The van der Waals surface area contributed by atoms with Gasteiger partial charge in [0, 0.05) is 24.8 Å². The first kappa shape index (κ1) is 13.4. The van der Waals surface area contributed by atoms with Crippen LogP contribution in [0.3, 0.4) is 0 Å². The lowest BCUT2D eigenvalue weighted by atomic mass is 10.1. The van der Waals surface area contributed by atoms with E-state index in [1.165, 1.54) is 25.7 Å². The summed E-state index contributed by atoms with van der Waals surface area (Å²) in [5.74, 6) is 0.457. The standard InChI is InChI=1S/C16H23N3O/c17-16(20)14-5-1-2-6-15(14)19(10-12-7-8-12)11-13-4-3-9-18-13/h1-2,5-6,12-13,18H,3-4,7-11H2,(H2,17,20). The summed E-state index contributed by atoms with van der Waals surface area (Å²) in [5.41, 5.74) is 7.17. The van der Waals surface area contributed by atoms with Crippen LogP contribution in [-0.4, -0.2) is 31.6 Å². The van der Waals surface area contributed by atoms with E-state index in [0.717, 1.165) is 31.2 Å². The fourth-order valence-corrected chi connectivity index (χ4v) is 3.02. The molecule has 0 aromatic heterocycles. The number of nitrogens with zero attached hydrogens (tertiary/aromatic N) is 1. The first-order valence-electron chi connectivity index (χ1n) is 7.61. The van der Waals surface area contributed by atoms with Gasteiger partial charge in [-0.2, -0.15) is 0 Å². The van der Waals surface area contributed by atoms with Gasteiger partial charge in [0.25, 0.3) is 5.91 Å². The molecule has 2 aliphatic rings. The van der Waals surface area contributed by atoms with Crippen LogP contribution in [0.15, 0.2) is 24.3 Å². The van der Waals surface area contributed by atoms with Gasteiger partial charge in [0.2, 0.25) is 0 Å². The average molecular weight is 273 g/mol. The fourth-order valence-electron chi connectivity index (χ4n) is 3.02. The third kappa shape index (κ3) is 3.12. The van der Waals surface area contributed by atoms with Crippen LogP contribution in [0.2, 0.25) is 0 Å². The Morgan fingerprint density at radius 2 is 2.05 bits per heavy atom. The Kier molecular flexibility index (Phi) is 3.92. The monoisotopic (exact) mass is 273 g/mol. The minimum Gasteiger partial charge on any atom is -0.369 e. The molecule has 2 fully saturated rings. The molecular formula is C16H23N3O. The molecule has 108 valence electrons. The van der Waals surface area contributed by atoms with Crippen LogP contribution in [0.1, 0.15) is 36.0 Å². The second kappa shape index (κ2) is 5.83. The number of para-hydroxylation sites is 1. The Bertz CT molecular complexity index is 478. The summed E-state index contributed by atoms with van der Waals surface area (Å²) in [6, 6.07) is 8.27. The highest BCUT2D eigenvalue weighted by molar-refractivity contribution is 5.98. The normalized spacial score (nSPS) is 21.9. The quantitative estimate of drug-likeness (QED) is 0.830. The molecule has 1 aliphatic carbocycles. The van der Waals surface area contributed by atoms with Gasteiger partial charge in [0.15, 0.2) is 0 Å². The number of anilines is 1. The van der Waals surface area contributed by atoms with E-state index in [4.69, 9.17) is 5.73 Å². The third-order valence-corrected chi connectivity index (χ3v) is 4.29. The average Bonchev–Trinajstić information content (AvgIpc) is 3.12. The number of carbonyl (C=O) groups is 1. The zero-order valence-corrected chi connectivity index (χ0v) is 11.8. The summed E-state index contributed by atoms with van der Waals surface area (Å²) in [6.45, 7) is 3.13. The number of hydrogen-bond acceptors (Lipinski definition) is 3. The van der Waals surface area contributed by atoms with Gasteiger partial charge in [0.1, 0.15) is 0 Å². The zero-order chi connectivity index (χ0) is 13.9. The molecule has 3 rings (SSSR count). The summed E-state index contributed by atoms with van der Waals surface area (Å²) in [5, 5.41) is 3.54. The van der Waals surface area contributed by atoms with Gasteiger partial charge >= 0.3 is 0 Å². The van der Waals surface area contributed by atoms with Crippen LogP contribution in [0.25, 0.3) is 0 Å². The summed E-state index contributed by atoms with van der Waals surface area (Å²) in [4.78, 5) is 14.0. The summed E-state index contributed by atoms with van der Waals surface area (Å²) < 4.78 is 0. The molecule has 1 aliphatic heterocycles. The third-order valence-electron chi connectivity index (χ3n) is 4.29. The molecule has 0 bridgehead atoms. The second-order valence-corrected chi connectivity index (χ2v) is 6.02. The number of carbonyl (C=O) groups excluding carboxylic acids is 1. The lowest BCUT2D eigenvalue weighted by Crippen LogP contribution is -2.39. The summed E-state index contributed by atoms with van der Waals surface area (Å²) >= 11 is 0. The van der Waals surface area contributed by atoms with Gasteiger partial charge in [-0.05, 0) is 50.3 Å². The molecule has 4 nitrogen and oxygen atoms in total. The molecule has 1 saturated heterocycles. The minimum absolute atomic E-state index is 0.333. The number of amides is 1. The number of benzene rings is 1. The molecule has 1 heterocycles. The highest BCUT2D eigenvalue weighted by Gasteiger charge is 2.28. The molecule has 1 unspecified atom stereocenters. The maximum atomic E-state index is 11.6. The maximum Gasteiger partial charge on any atom is 0.250 e. The number of primary amides is 1. The molecule has 3 N–H and O–H groups in total. The van der Waals surface area contributed by atoms with Crippen molar-refractivity contribution in [1.82, 2.24) is 5.32 Å². The Balaban J connectivity index is 1.81. The van der Waals surface area contributed by atoms with Crippen molar-refractivity contribution in [3.63, 3.8) is 0 Å². The lowest BCUT2D eigenvalue weighted by molar-refractivity contribution is 0.100. The van der Waals surface area contributed by atoms with Gasteiger partial charge in [0.05, 0.1) is 5.56 Å². The smallest absolute Gasteiger partial charge is 0.250 e. The van der Waals surface area contributed by atoms with Gasteiger partial charge < -0.3 is 16.0 Å². The van der Waals surface area contributed by atoms with Crippen LogP contribution < -0.4 is 16.0 Å². The summed E-state index contributed by atoms with van der Waals surface area (Å²) in [6.07, 6.45) is 5.10. The predicted octanol–water partition coefficient (Wildman–Crippen LogP) is 1.75. The first-order chi connectivity index (χ1) is 9.74. The minimum atomic E-state index is -0.333. The Hall–Kier alpha value is -1.55. The Labute approximate surface area is 120 Å². The lowest BCUT2D eigenvalue weighted by Gasteiger charge is -2.29. The second-order valence-electron chi connectivity index (χ2n) is 6.02. The molecule has 0 spiro atoms. The van der Waals surface area contributed by atoms with Crippen LogP contribution in [0.4, 0.5) is 5.69 Å². The molecule has 1 aromatic rings. The number of nitrogens with two attached hydrogens (primary N) is 1. The van der Waals surface area contributed by atoms with E-state index in [-0.39, 0.29) is 5.91 Å². The molecule has 0 radical (unpaired) electrons. The number of hydrogen-bond donors (Lipinski definition) is 2. The Morgan fingerprint density at radius 1 is 1.25 bits per heavy atom.